The Morgan fingerprint density at radius 1 is 1.17 bits per heavy atom. The lowest BCUT2D eigenvalue weighted by molar-refractivity contribution is -0.131. The summed E-state index contributed by atoms with van der Waals surface area (Å²) in [6.07, 6.45) is 3.70. The van der Waals surface area contributed by atoms with E-state index in [1.807, 2.05) is 24.3 Å². The van der Waals surface area contributed by atoms with E-state index in [2.05, 4.69) is 23.2 Å². The summed E-state index contributed by atoms with van der Waals surface area (Å²) in [5.41, 5.74) is 5.32. The number of carbonyl (C=O) groups is 1. The molecule has 23 heavy (non-hydrogen) atoms. The highest BCUT2D eigenvalue weighted by Gasteiger charge is 2.13. The first-order valence-corrected chi connectivity index (χ1v) is 7.49. The number of ether oxygens (including phenoxy) is 1. The number of aromatic amines is 1. The van der Waals surface area contributed by atoms with Crippen molar-refractivity contribution < 1.29 is 14.6 Å². The summed E-state index contributed by atoms with van der Waals surface area (Å²) < 4.78 is 5.54. The van der Waals surface area contributed by atoms with Gasteiger partial charge in [0.05, 0.1) is 6.61 Å². The third-order valence-corrected chi connectivity index (χ3v) is 4.06. The molecular weight excluding hydrogens is 290 g/mol. The summed E-state index contributed by atoms with van der Waals surface area (Å²) in [7, 11) is 0. The zero-order valence-electron chi connectivity index (χ0n) is 12.4. The van der Waals surface area contributed by atoms with Crippen molar-refractivity contribution in [1.29, 1.82) is 0 Å². The van der Waals surface area contributed by atoms with E-state index in [1.54, 1.807) is 6.08 Å². The van der Waals surface area contributed by atoms with Crippen LogP contribution in [0.25, 0.3) is 28.2 Å². The second-order valence-electron chi connectivity index (χ2n) is 5.62. The van der Waals surface area contributed by atoms with Crippen molar-refractivity contribution in [3.63, 3.8) is 0 Å². The van der Waals surface area contributed by atoms with Crippen molar-refractivity contribution in [1.82, 2.24) is 4.98 Å². The minimum absolute atomic E-state index is 0.755. The molecule has 4 nitrogen and oxygen atoms in total. The van der Waals surface area contributed by atoms with E-state index in [1.165, 1.54) is 5.56 Å². The number of hydrogen-bond acceptors (Lipinski definition) is 2. The van der Waals surface area contributed by atoms with E-state index in [9.17, 15) is 4.79 Å². The lowest BCUT2D eigenvalue weighted by Crippen LogP contribution is -1.85. The van der Waals surface area contributed by atoms with Crippen molar-refractivity contribution in [3.05, 3.63) is 59.7 Å². The Morgan fingerprint density at radius 2 is 2.09 bits per heavy atom. The Balaban J connectivity index is 1.72. The maximum atomic E-state index is 10.6. The van der Waals surface area contributed by atoms with Crippen LogP contribution in [-0.4, -0.2) is 22.7 Å². The number of H-pyrrole nitrogens is 1. The van der Waals surface area contributed by atoms with E-state index in [0.29, 0.717) is 0 Å². The lowest BCUT2D eigenvalue weighted by Gasteiger charge is -2.01. The van der Waals surface area contributed by atoms with Gasteiger partial charge in [-0.2, -0.15) is 0 Å². The fraction of sp³-hybridized carbons (Fsp3) is 0.105. The van der Waals surface area contributed by atoms with Gasteiger partial charge in [0, 0.05) is 29.1 Å². The van der Waals surface area contributed by atoms with Gasteiger partial charge in [-0.25, -0.2) is 4.79 Å². The average Bonchev–Trinajstić information content (AvgIpc) is 3.17. The zero-order valence-corrected chi connectivity index (χ0v) is 12.4. The zero-order chi connectivity index (χ0) is 15.8. The molecule has 0 aliphatic carbocycles. The predicted octanol–water partition coefficient (Wildman–Crippen LogP) is 3.87. The number of benzene rings is 2. The van der Waals surface area contributed by atoms with Crippen LogP contribution in [0.3, 0.4) is 0 Å². The number of hydrogen-bond donors (Lipinski definition) is 2. The molecule has 0 atom stereocenters. The summed E-state index contributed by atoms with van der Waals surface area (Å²) in [6.45, 7) is 0.755. The summed E-state index contributed by atoms with van der Waals surface area (Å²) in [5, 5.41) is 9.77. The molecule has 1 aliphatic rings. The molecule has 4 rings (SSSR count). The molecule has 0 amide bonds. The monoisotopic (exact) mass is 305 g/mol. The van der Waals surface area contributed by atoms with Gasteiger partial charge in [-0.05, 0) is 59.2 Å². The Morgan fingerprint density at radius 3 is 2.96 bits per heavy atom. The van der Waals surface area contributed by atoms with Crippen LogP contribution in [0.4, 0.5) is 0 Å². The SMILES string of the molecule is O=C(O)/C=C/c1ccc2[nH]c(-c3ccc4c(c3)CCO4)cc2c1. The van der Waals surface area contributed by atoms with Crippen molar-refractivity contribution in [2.24, 2.45) is 0 Å². The molecule has 1 aliphatic heterocycles. The molecule has 114 valence electrons. The predicted molar refractivity (Wildman–Crippen MR) is 89.6 cm³/mol. The number of aliphatic carboxylic acids is 1. The number of rotatable bonds is 3. The van der Waals surface area contributed by atoms with Gasteiger partial charge < -0.3 is 14.8 Å². The molecule has 1 aromatic heterocycles. The largest absolute Gasteiger partial charge is 0.493 e. The number of nitrogens with one attached hydrogen (secondary N) is 1. The lowest BCUT2D eigenvalue weighted by atomic mass is 10.1. The Bertz CT molecular complexity index is 937. The quantitative estimate of drug-likeness (QED) is 0.722. The molecule has 0 unspecified atom stereocenters. The van der Waals surface area contributed by atoms with Gasteiger partial charge in [0.15, 0.2) is 0 Å². The maximum absolute atomic E-state index is 10.6. The fourth-order valence-corrected chi connectivity index (χ4v) is 2.93. The van der Waals surface area contributed by atoms with Crippen LogP contribution in [0, 0.1) is 0 Å². The molecule has 0 saturated heterocycles. The van der Waals surface area contributed by atoms with Crippen LogP contribution in [0.15, 0.2) is 48.5 Å². The smallest absolute Gasteiger partial charge is 0.328 e. The first-order valence-electron chi connectivity index (χ1n) is 7.49. The van der Waals surface area contributed by atoms with Crippen LogP contribution < -0.4 is 4.74 Å². The molecule has 0 fully saturated rings. The topological polar surface area (TPSA) is 62.3 Å². The summed E-state index contributed by atoms with van der Waals surface area (Å²) in [4.78, 5) is 14.0. The molecule has 0 saturated carbocycles. The Labute approximate surface area is 133 Å². The van der Waals surface area contributed by atoms with Gasteiger partial charge in [-0.1, -0.05) is 6.07 Å². The highest BCUT2D eigenvalue weighted by Crippen LogP contribution is 2.31. The van der Waals surface area contributed by atoms with Gasteiger partial charge in [-0.3, -0.25) is 0 Å². The van der Waals surface area contributed by atoms with Crippen LogP contribution in [0.2, 0.25) is 0 Å². The first kappa shape index (κ1) is 13.6. The van der Waals surface area contributed by atoms with E-state index < -0.39 is 5.97 Å². The van der Waals surface area contributed by atoms with Gasteiger partial charge in [-0.15, -0.1) is 0 Å². The number of aromatic nitrogens is 1. The molecule has 0 bridgehead atoms. The summed E-state index contributed by atoms with van der Waals surface area (Å²) >= 11 is 0. The standard InChI is InChI=1S/C19H15NO3/c21-19(22)6-2-12-1-4-16-15(9-12)11-17(20-16)13-3-5-18-14(10-13)7-8-23-18/h1-6,9-11,20H,7-8H2,(H,21,22)/b6-2+. The molecular formula is C19H15NO3. The highest BCUT2D eigenvalue weighted by atomic mass is 16.5. The van der Waals surface area contributed by atoms with Crippen molar-refractivity contribution in [2.45, 2.75) is 6.42 Å². The molecule has 0 radical (unpaired) electrons. The third-order valence-electron chi connectivity index (χ3n) is 4.06. The first-order chi connectivity index (χ1) is 11.2. The summed E-state index contributed by atoms with van der Waals surface area (Å²) in [5.74, 6) is 0.0335. The minimum atomic E-state index is -0.944. The fourth-order valence-electron chi connectivity index (χ4n) is 2.93. The van der Waals surface area contributed by atoms with E-state index in [-0.39, 0.29) is 0 Å². The van der Waals surface area contributed by atoms with Gasteiger partial charge in [0.25, 0.3) is 0 Å². The second kappa shape index (κ2) is 5.32. The van der Waals surface area contributed by atoms with E-state index in [0.717, 1.165) is 52.6 Å². The Kier molecular flexibility index (Phi) is 3.15. The normalized spacial score (nSPS) is 13.4. The third kappa shape index (κ3) is 2.59. The number of carboxylic acids is 1. The van der Waals surface area contributed by atoms with E-state index in [4.69, 9.17) is 9.84 Å². The molecule has 2 heterocycles. The van der Waals surface area contributed by atoms with Crippen LogP contribution in [0.5, 0.6) is 5.75 Å². The molecule has 2 aromatic carbocycles. The molecule has 0 spiro atoms. The molecule has 2 N–H and O–H groups in total. The van der Waals surface area contributed by atoms with Crippen molar-refractivity contribution >= 4 is 22.9 Å². The minimum Gasteiger partial charge on any atom is -0.493 e. The highest BCUT2D eigenvalue weighted by molar-refractivity contribution is 5.90. The maximum Gasteiger partial charge on any atom is 0.328 e. The average molecular weight is 305 g/mol. The molecule has 3 aromatic rings. The van der Waals surface area contributed by atoms with Gasteiger partial charge in [0.1, 0.15) is 5.75 Å². The number of fused-ring (bicyclic) bond motifs is 2. The second-order valence-corrected chi connectivity index (χ2v) is 5.62. The molecule has 4 heteroatoms. The Hall–Kier alpha value is -3.01. The van der Waals surface area contributed by atoms with Crippen LogP contribution >= 0.6 is 0 Å². The van der Waals surface area contributed by atoms with Crippen LogP contribution in [0.1, 0.15) is 11.1 Å². The van der Waals surface area contributed by atoms with Gasteiger partial charge in [0.2, 0.25) is 0 Å². The van der Waals surface area contributed by atoms with Gasteiger partial charge >= 0.3 is 5.97 Å². The number of carboxylic acid groups (broad SMARTS) is 1. The van der Waals surface area contributed by atoms with E-state index >= 15 is 0 Å². The van der Waals surface area contributed by atoms with Crippen molar-refractivity contribution in [3.8, 4) is 17.0 Å². The van der Waals surface area contributed by atoms with Crippen LogP contribution in [-0.2, 0) is 11.2 Å². The summed E-state index contributed by atoms with van der Waals surface area (Å²) in [6, 6.07) is 14.2. The van der Waals surface area contributed by atoms with Crippen molar-refractivity contribution in [2.75, 3.05) is 6.61 Å².